The zero-order valence-corrected chi connectivity index (χ0v) is 10.2. The van der Waals surface area contributed by atoms with Crippen molar-refractivity contribution in [2.24, 2.45) is 0 Å². The van der Waals surface area contributed by atoms with Crippen molar-refractivity contribution in [2.75, 3.05) is 0 Å². The molecule has 0 spiro atoms. The minimum absolute atomic E-state index is 0.509. The van der Waals surface area contributed by atoms with Gasteiger partial charge in [-0.1, -0.05) is 68.4 Å². The standard InChI is InChI=1S/C12H11BO2.C2H6/c14-13(15)12-8-6-11(7-9-12)10-4-2-1-3-5-10;1-2/h1-9,14-15H;1-2H3. The molecule has 2 N–H and O–H groups in total. The van der Waals surface area contributed by atoms with Crippen molar-refractivity contribution in [1.29, 1.82) is 0 Å². The molecule has 88 valence electrons. The van der Waals surface area contributed by atoms with Crippen LogP contribution in [-0.4, -0.2) is 17.2 Å². The largest absolute Gasteiger partial charge is 0.488 e. The quantitative estimate of drug-likeness (QED) is 0.772. The first-order valence-corrected chi connectivity index (χ1v) is 5.79. The van der Waals surface area contributed by atoms with E-state index in [1.807, 2.05) is 56.3 Å². The molecular formula is C14H17BO2. The Morgan fingerprint density at radius 1 is 0.706 bits per heavy atom. The molecule has 2 aromatic carbocycles. The molecule has 3 heteroatoms. The lowest BCUT2D eigenvalue weighted by molar-refractivity contribution is 0.426. The summed E-state index contributed by atoms with van der Waals surface area (Å²) in [5, 5.41) is 17.9. The highest BCUT2D eigenvalue weighted by atomic mass is 16.4. The summed E-state index contributed by atoms with van der Waals surface area (Å²) >= 11 is 0. The van der Waals surface area contributed by atoms with Crippen LogP contribution >= 0.6 is 0 Å². The Kier molecular flexibility index (Phi) is 5.47. The molecule has 0 radical (unpaired) electrons. The van der Waals surface area contributed by atoms with Crippen LogP contribution in [0.25, 0.3) is 11.1 Å². The topological polar surface area (TPSA) is 40.5 Å². The molecule has 2 nitrogen and oxygen atoms in total. The van der Waals surface area contributed by atoms with Gasteiger partial charge in [-0.2, -0.15) is 0 Å². The minimum Gasteiger partial charge on any atom is -0.423 e. The van der Waals surface area contributed by atoms with Crippen molar-refractivity contribution in [3.05, 3.63) is 54.6 Å². The predicted molar refractivity (Wildman–Crippen MR) is 73.1 cm³/mol. The molecule has 0 bridgehead atoms. The highest BCUT2D eigenvalue weighted by Gasteiger charge is 2.09. The van der Waals surface area contributed by atoms with Crippen LogP contribution in [0.1, 0.15) is 13.8 Å². The smallest absolute Gasteiger partial charge is 0.423 e. The summed E-state index contributed by atoms with van der Waals surface area (Å²) < 4.78 is 0. The molecule has 0 heterocycles. The summed E-state index contributed by atoms with van der Waals surface area (Å²) in [4.78, 5) is 0. The minimum atomic E-state index is -1.39. The van der Waals surface area contributed by atoms with Gasteiger partial charge in [0.2, 0.25) is 0 Å². The van der Waals surface area contributed by atoms with Crippen LogP contribution in [0.3, 0.4) is 0 Å². The van der Waals surface area contributed by atoms with Gasteiger partial charge in [0, 0.05) is 0 Å². The second kappa shape index (κ2) is 6.89. The number of benzene rings is 2. The van der Waals surface area contributed by atoms with E-state index in [0.717, 1.165) is 11.1 Å². The maximum absolute atomic E-state index is 8.94. The van der Waals surface area contributed by atoms with Crippen LogP contribution in [0, 0.1) is 0 Å². The van der Waals surface area contributed by atoms with Crippen LogP contribution in [0.15, 0.2) is 54.6 Å². The van der Waals surface area contributed by atoms with Crippen molar-refractivity contribution in [3.8, 4) is 11.1 Å². The molecule has 0 aromatic heterocycles. The predicted octanol–water partition coefficient (Wildman–Crippen LogP) is 2.06. The summed E-state index contributed by atoms with van der Waals surface area (Å²) in [6.45, 7) is 4.00. The van der Waals surface area contributed by atoms with E-state index in [9.17, 15) is 0 Å². The molecule has 0 unspecified atom stereocenters. The van der Waals surface area contributed by atoms with Crippen molar-refractivity contribution >= 4 is 12.6 Å². The number of hydrogen-bond donors (Lipinski definition) is 2. The van der Waals surface area contributed by atoms with Gasteiger partial charge in [0.15, 0.2) is 0 Å². The van der Waals surface area contributed by atoms with E-state index in [1.165, 1.54) is 0 Å². The van der Waals surface area contributed by atoms with E-state index in [-0.39, 0.29) is 0 Å². The summed E-state index contributed by atoms with van der Waals surface area (Å²) in [6, 6.07) is 17.1. The maximum atomic E-state index is 8.94. The van der Waals surface area contributed by atoms with Gasteiger partial charge in [0.25, 0.3) is 0 Å². The summed E-state index contributed by atoms with van der Waals surface area (Å²) in [5.41, 5.74) is 2.70. The van der Waals surface area contributed by atoms with Crippen molar-refractivity contribution < 1.29 is 10.0 Å². The molecule has 0 aliphatic heterocycles. The third kappa shape index (κ3) is 3.73. The van der Waals surface area contributed by atoms with Gasteiger partial charge in [-0.15, -0.1) is 0 Å². The molecule has 0 saturated heterocycles. The molecule has 0 saturated carbocycles. The van der Waals surface area contributed by atoms with Gasteiger partial charge in [-0.05, 0) is 16.6 Å². The normalized spacial score (nSPS) is 9.18. The Balaban J connectivity index is 0.000000686. The van der Waals surface area contributed by atoms with Crippen LogP contribution in [0.4, 0.5) is 0 Å². The highest BCUT2D eigenvalue weighted by Crippen LogP contribution is 2.16. The molecule has 0 aliphatic carbocycles. The second-order valence-electron chi connectivity index (χ2n) is 3.36. The molecule has 0 aliphatic rings. The number of hydrogen-bond acceptors (Lipinski definition) is 2. The van der Waals surface area contributed by atoms with E-state index in [1.54, 1.807) is 12.1 Å². The first-order valence-electron chi connectivity index (χ1n) is 5.79. The average Bonchev–Trinajstić information content (AvgIpc) is 2.42. The van der Waals surface area contributed by atoms with Gasteiger partial charge < -0.3 is 10.0 Å². The molecule has 0 atom stereocenters. The van der Waals surface area contributed by atoms with Crippen LogP contribution < -0.4 is 5.46 Å². The zero-order chi connectivity index (χ0) is 12.7. The first-order chi connectivity index (χ1) is 8.27. The molecule has 17 heavy (non-hydrogen) atoms. The molecule has 0 amide bonds. The maximum Gasteiger partial charge on any atom is 0.488 e. The van der Waals surface area contributed by atoms with E-state index < -0.39 is 7.12 Å². The Bertz CT molecular complexity index is 424. The van der Waals surface area contributed by atoms with E-state index in [4.69, 9.17) is 10.0 Å². The van der Waals surface area contributed by atoms with E-state index >= 15 is 0 Å². The lowest BCUT2D eigenvalue weighted by Gasteiger charge is -2.03. The lowest BCUT2D eigenvalue weighted by Crippen LogP contribution is -2.29. The van der Waals surface area contributed by atoms with Gasteiger partial charge in [-0.25, -0.2) is 0 Å². The summed E-state index contributed by atoms with van der Waals surface area (Å²) in [5.74, 6) is 0. The third-order valence-electron chi connectivity index (χ3n) is 2.32. The van der Waals surface area contributed by atoms with Crippen LogP contribution in [-0.2, 0) is 0 Å². The lowest BCUT2D eigenvalue weighted by atomic mass is 9.80. The van der Waals surface area contributed by atoms with Crippen LogP contribution in [0.5, 0.6) is 0 Å². The van der Waals surface area contributed by atoms with Gasteiger partial charge >= 0.3 is 7.12 Å². The van der Waals surface area contributed by atoms with Gasteiger partial charge in [-0.3, -0.25) is 0 Å². The Morgan fingerprint density at radius 3 is 1.65 bits per heavy atom. The molecular weight excluding hydrogens is 211 g/mol. The third-order valence-corrected chi connectivity index (χ3v) is 2.32. The Hall–Kier alpha value is -1.58. The molecule has 2 rings (SSSR count). The summed E-state index contributed by atoms with van der Waals surface area (Å²) in [6.07, 6.45) is 0. The fourth-order valence-corrected chi connectivity index (χ4v) is 1.48. The van der Waals surface area contributed by atoms with Crippen molar-refractivity contribution in [3.63, 3.8) is 0 Å². The summed E-state index contributed by atoms with van der Waals surface area (Å²) in [7, 11) is -1.39. The van der Waals surface area contributed by atoms with Crippen LogP contribution in [0.2, 0.25) is 0 Å². The fourth-order valence-electron chi connectivity index (χ4n) is 1.48. The second-order valence-corrected chi connectivity index (χ2v) is 3.36. The van der Waals surface area contributed by atoms with Crippen molar-refractivity contribution in [2.45, 2.75) is 13.8 Å². The average molecular weight is 228 g/mol. The molecule has 0 fully saturated rings. The number of rotatable bonds is 2. The Morgan fingerprint density at radius 2 is 1.18 bits per heavy atom. The van der Waals surface area contributed by atoms with E-state index in [0.29, 0.717) is 5.46 Å². The monoisotopic (exact) mass is 228 g/mol. The Labute approximate surface area is 103 Å². The van der Waals surface area contributed by atoms with Gasteiger partial charge in [0.05, 0.1) is 0 Å². The highest BCUT2D eigenvalue weighted by molar-refractivity contribution is 6.58. The van der Waals surface area contributed by atoms with E-state index in [2.05, 4.69) is 0 Å². The SMILES string of the molecule is CC.OB(O)c1ccc(-c2ccccc2)cc1. The molecule has 2 aromatic rings. The first kappa shape index (κ1) is 13.5. The fraction of sp³-hybridized carbons (Fsp3) is 0.143. The van der Waals surface area contributed by atoms with Crippen molar-refractivity contribution in [1.82, 2.24) is 0 Å². The van der Waals surface area contributed by atoms with Gasteiger partial charge in [0.1, 0.15) is 0 Å². The zero-order valence-electron chi connectivity index (χ0n) is 10.2.